The van der Waals surface area contributed by atoms with Crippen molar-refractivity contribution in [3.63, 3.8) is 0 Å². The van der Waals surface area contributed by atoms with Crippen molar-refractivity contribution in [1.29, 1.82) is 5.26 Å². The number of ether oxygens (including phenoxy) is 1. The average Bonchev–Trinajstić information content (AvgIpc) is 2.79. The predicted molar refractivity (Wildman–Crippen MR) is 111 cm³/mol. The van der Waals surface area contributed by atoms with Crippen molar-refractivity contribution in [2.24, 2.45) is 0 Å². The Morgan fingerprint density at radius 3 is 2.13 bits per heavy atom. The number of nitriles is 1. The first-order valence-corrected chi connectivity index (χ1v) is 8.92. The minimum absolute atomic E-state index is 0.263. The summed E-state index contributed by atoms with van der Waals surface area (Å²) >= 11 is 0. The number of carbonyl (C=O) groups is 3. The monoisotopic (exact) mass is 399 g/mol. The van der Waals surface area contributed by atoms with Crippen LogP contribution in [0.4, 0.5) is 11.4 Å². The molecule has 0 heterocycles. The van der Waals surface area contributed by atoms with Gasteiger partial charge in [0.05, 0.1) is 23.9 Å². The highest BCUT2D eigenvalue weighted by Crippen LogP contribution is 2.17. The Morgan fingerprint density at radius 1 is 0.800 bits per heavy atom. The molecule has 0 aliphatic heterocycles. The molecule has 0 saturated heterocycles. The van der Waals surface area contributed by atoms with Crippen LogP contribution >= 0.6 is 0 Å². The van der Waals surface area contributed by atoms with Gasteiger partial charge in [-0.25, -0.2) is 4.79 Å². The number of benzene rings is 3. The van der Waals surface area contributed by atoms with E-state index in [0.29, 0.717) is 22.5 Å². The standard InChI is InChI=1S/C23H17N3O4/c1-30-23(29)17-9-5-10-19(13-17)25-21(27)15-7-4-8-16(12-15)22(28)26-20-11-3-2-6-18(20)14-24/h2-13H,1H3,(H,25,27)(H,26,28). The lowest BCUT2D eigenvalue weighted by atomic mass is 10.1. The number of carbonyl (C=O) groups excluding carboxylic acids is 3. The minimum atomic E-state index is -0.512. The molecule has 0 radical (unpaired) electrons. The van der Waals surface area contributed by atoms with Gasteiger partial charge in [-0.2, -0.15) is 5.26 Å². The summed E-state index contributed by atoms with van der Waals surface area (Å²) in [6.07, 6.45) is 0. The topological polar surface area (TPSA) is 108 Å². The van der Waals surface area contributed by atoms with Crippen LogP contribution in [0, 0.1) is 11.3 Å². The zero-order valence-corrected chi connectivity index (χ0v) is 16.0. The lowest BCUT2D eigenvalue weighted by Crippen LogP contribution is -2.16. The van der Waals surface area contributed by atoms with Gasteiger partial charge in [-0.3, -0.25) is 9.59 Å². The van der Waals surface area contributed by atoms with Gasteiger partial charge in [-0.15, -0.1) is 0 Å². The van der Waals surface area contributed by atoms with Gasteiger partial charge in [0.2, 0.25) is 0 Å². The third-order valence-corrected chi connectivity index (χ3v) is 4.22. The highest BCUT2D eigenvalue weighted by Gasteiger charge is 2.13. The maximum absolute atomic E-state index is 12.6. The molecule has 148 valence electrons. The number of rotatable bonds is 5. The van der Waals surface area contributed by atoms with Crippen molar-refractivity contribution < 1.29 is 19.1 Å². The second-order valence-corrected chi connectivity index (χ2v) is 6.22. The number of nitrogens with zero attached hydrogens (tertiary/aromatic N) is 1. The maximum Gasteiger partial charge on any atom is 0.337 e. The fourth-order valence-electron chi connectivity index (χ4n) is 2.73. The Hall–Kier alpha value is -4.44. The van der Waals surface area contributed by atoms with Gasteiger partial charge in [-0.05, 0) is 48.5 Å². The van der Waals surface area contributed by atoms with Crippen LogP contribution in [0.1, 0.15) is 36.6 Å². The molecule has 0 aliphatic carbocycles. The van der Waals surface area contributed by atoms with Crippen molar-refractivity contribution in [3.8, 4) is 6.07 Å². The molecule has 30 heavy (non-hydrogen) atoms. The SMILES string of the molecule is COC(=O)c1cccc(NC(=O)c2cccc(C(=O)Nc3ccccc3C#N)c2)c1. The van der Waals surface area contributed by atoms with Crippen LogP contribution in [0.3, 0.4) is 0 Å². The highest BCUT2D eigenvalue weighted by molar-refractivity contribution is 6.09. The molecule has 0 aliphatic rings. The van der Waals surface area contributed by atoms with Gasteiger partial charge in [-0.1, -0.05) is 24.3 Å². The van der Waals surface area contributed by atoms with Crippen LogP contribution < -0.4 is 10.6 Å². The molecule has 0 saturated carbocycles. The summed E-state index contributed by atoms with van der Waals surface area (Å²) in [6, 6.07) is 21.2. The van der Waals surface area contributed by atoms with Crippen molar-refractivity contribution in [1.82, 2.24) is 0 Å². The lowest BCUT2D eigenvalue weighted by Gasteiger charge is -2.09. The number of methoxy groups -OCH3 is 1. The summed E-state index contributed by atoms with van der Waals surface area (Å²) in [5.74, 6) is -1.40. The molecular weight excluding hydrogens is 382 g/mol. The molecule has 0 atom stereocenters. The first-order chi connectivity index (χ1) is 14.5. The molecule has 3 rings (SSSR count). The van der Waals surface area contributed by atoms with E-state index in [1.807, 2.05) is 6.07 Å². The summed E-state index contributed by atoms with van der Waals surface area (Å²) in [5, 5.41) is 14.5. The van der Waals surface area contributed by atoms with Gasteiger partial charge < -0.3 is 15.4 Å². The molecule has 0 spiro atoms. The van der Waals surface area contributed by atoms with Gasteiger partial charge in [0.15, 0.2) is 0 Å². The third kappa shape index (κ3) is 4.69. The molecule has 0 fully saturated rings. The van der Waals surface area contributed by atoms with Crippen molar-refractivity contribution >= 4 is 29.2 Å². The molecule has 0 unspecified atom stereocenters. The molecule has 0 aromatic heterocycles. The van der Waals surface area contributed by atoms with Gasteiger partial charge in [0.1, 0.15) is 6.07 Å². The summed E-state index contributed by atoms with van der Waals surface area (Å²) in [6.45, 7) is 0. The number of esters is 1. The van der Waals surface area contributed by atoms with E-state index >= 15 is 0 Å². The molecule has 0 bridgehead atoms. The summed E-state index contributed by atoms with van der Waals surface area (Å²) in [7, 11) is 1.28. The van der Waals surface area contributed by atoms with Crippen LogP contribution in [0.25, 0.3) is 0 Å². The van der Waals surface area contributed by atoms with Crippen molar-refractivity contribution in [3.05, 3.63) is 95.1 Å². The van der Waals surface area contributed by atoms with E-state index < -0.39 is 17.8 Å². The molecule has 7 nitrogen and oxygen atoms in total. The van der Waals surface area contributed by atoms with Crippen molar-refractivity contribution in [2.45, 2.75) is 0 Å². The van der Waals surface area contributed by atoms with E-state index in [9.17, 15) is 14.4 Å². The Labute approximate surface area is 172 Å². The quantitative estimate of drug-likeness (QED) is 0.634. The normalized spacial score (nSPS) is 9.87. The molecule has 2 N–H and O–H groups in total. The first-order valence-electron chi connectivity index (χ1n) is 8.92. The second-order valence-electron chi connectivity index (χ2n) is 6.22. The predicted octanol–water partition coefficient (Wildman–Crippen LogP) is 3.85. The largest absolute Gasteiger partial charge is 0.465 e. The number of para-hydroxylation sites is 1. The molecule has 7 heteroatoms. The zero-order valence-electron chi connectivity index (χ0n) is 16.0. The average molecular weight is 399 g/mol. The number of amides is 2. The van der Waals surface area contributed by atoms with E-state index in [1.54, 1.807) is 60.7 Å². The number of hydrogen-bond donors (Lipinski definition) is 2. The number of nitrogens with one attached hydrogen (secondary N) is 2. The summed E-state index contributed by atoms with van der Waals surface area (Å²) in [5.41, 5.74) is 1.98. The van der Waals surface area contributed by atoms with Crippen molar-refractivity contribution in [2.75, 3.05) is 17.7 Å². The van der Waals surface area contributed by atoms with E-state index in [0.717, 1.165) is 0 Å². The van der Waals surface area contributed by atoms with Crippen LogP contribution in [-0.4, -0.2) is 24.9 Å². The Kier molecular flexibility index (Phi) is 6.20. The minimum Gasteiger partial charge on any atom is -0.465 e. The van der Waals surface area contributed by atoms with E-state index in [2.05, 4.69) is 15.4 Å². The Morgan fingerprint density at radius 2 is 1.43 bits per heavy atom. The molecule has 2 amide bonds. The summed E-state index contributed by atoms with van der Waals surface area (Å²) < 4.78 is 4.67. The summed E-state index contributed by atoms with van der Waals surface area (Å²) in [4.78, 5) is 36.8. The van der Waals surface area contributed by atoms with Crippen LogP contribution in [0.2, 0.25) is 0 Å². The lowest BCUT2D eigenvalue weighted by molar-refractivity contribution is 0.0600. The van der Waals surface area contributed by atoms with Crippen LogP contribution in [-0.2, 0) is 4.74 Å². The molecular formula is C23H17N3O4. The van der Waals surface area contributed by atoms with E-state index in [4.69, 9.17) is 5.26 Å². The molecule has 3 aromatic carbocycles. The fourth-order valence-corrected chi connectivity index (χ4v) is 2.73. The first kappa shape index (κ1) is 20.3. The maximum atomic E-state index is 12.6. The third-order valence-electron chi connectivity index (χ3n) is 4.22. The van der Waals surface area contributed by atoms with E-state index in [1.165, 1.54) is 19.2 Å². The number of anilines is 2. The fraction of sp³-hybridized carbons (Fsp3) is 0.0435. The number of hydrogen-bond acceptors (Lipinski definition) is 5. The molecule has 3 aromatic rings. The van der Waals surface area contributed by atoms with Crippen LogP contribution in [0.15, 0.2) is 72.8 Å². The van der Waals surface area contributed by atoms with Gasteiger partial charge in [0.25, 0.3) is 11.8 Å². The smallest absolute Gasteiger partial charge is 0.337 e. The van der Waals surface area contributed by atoms with Gasteiger partial charge in [0, 0.05) is 16.8 Å². The second kappa shape index (κ2) is 9.17. The van der Waals surface area contributed by atoms with E-state index in [-0.39, 0.29) is 11.1 Å². The Balaban J connectivity index is 1.76. The zero-order chi connectivity index (χ0) is 21.5. The van der Waals surface area contributed by atoms with Gasteiger partial charge >= 0.3 is 5.97 Å². The highest BCUT2D eigenvalue weighted by atomic mass is 16.5. The van der Waals surface area contributed by atoms with Crippen LogP contribution in [0.5, 0.6) is 0 Å². The Bertz CT molecular complexity index is 1160.